The van der Waals surface area contributed by atoms with Gasteiger partial charge in [0.05, 0.1) is 0 Å². The van der Waals surface area contributed by atoms with Crippen molar-refractivity contribution >= 4 is 6.02 Å². The minimum atomic E-state index is 0.598. The number of hydrogen-bond donors (Lipinski definition) is 1. The monoisotopic (exact) mass is 156 g/mol. The summed E-state index contributed by atoms with van der Waals surface area (Å²) in [6.07, 6.45) is 1.89. The highest BCUT2D eigenvalue weighted by molar-refractivity contribution is 5.75. The largest absolute Gasteiger partial charge is 0.461 e. The highest BCUT2D eigenvalue weighted by Crippen LogP contribution is 1.97. The number of rotatable bonds is 0. The first-order valence-corrected chi connectivity index (χ1v) is 3.84. The minimum absolute atomic E-state index is 0.598. The zero-order valence-electron chi connectivity index (χ0n) is 7.64. The number of nitrogens with zero attached hydrogens (tertiary/aromatic N) is 1. The zero-order valence-corrected chi connectivity index (χ0v) is 7.64. The molecular weight excluding hydrogens is 140 g/mol. The summed E-state index contributed by atoms with van der Waals surface area (Å²) in [6.45, 7) is 6.65. The first-order valence-electron chi connectivity index (χ1n) is 3.84. The van der Waals surface area contributed by atoms with Gasteiger partial charge in [-0.2, -0.15) is 0 Å². The van der Waals surface area contributed by atoms with E-state index in [-0.39, 0.29) is 0 Å². The number of hydrogen-bond acceptors (Lipinski definition) is 2. The lowest BCUT2D eigenvalue weighted by Crippen LogP contribution is -2.26. The Morgan fingerprint density at radius 2 is 2.18 bits per heavy atom. The van der Waals surface area contributed by atoms with Crippen LogP contribution >= 0.6 is 0 Å². The van der Waals surface area contributed by atoms with Gasteiger partial charge >= 0.3 is 0 Å². The van der Waals surface area contributed by atoms with E-state index in [0.29, 0.717) is 12.6 Å². The van der Waals surface area contributed by atoms with Crippen LogP contribution in [-0.4, -0.2) is 19.7 Å². The van der Waals surface area contributed by atoms with Crippen LogP contribution < -0.4 is 5.32 Å². The Morgan fingerprint density at radius 1 is 1.55 bits per heavy atom. The van der Waals surface area contributed by atoms with Gasteiger partial charge < -0.3 is 10.1 Å². The molecule has 3 nitrogen and oxygen atoms in total. The van der Waals surface area contributed by atoms with Crippen LogP contribution in [-0.2, 0) is 4.74 Å². The standard InChI is InChI=1S/C6H10N2O.C2H6/c1-5-3-8-6(7-2)9-4-5;1-2/h3H,4H2,1-2H3,(H,7,8);1-2H3. The summed E-state index contributed by atoms with van der Waals surface area (Å²) in [5, 5.41) is 2.88. The van der Waals surface area contributed by atoms with Gasteiger partial charge in [0.1, 0.15) is 6.61 Å². The predicted octanol–water partition coefficient (Wildman–Crippen LogP) is 1.52. The van der Waals surface area contributed by atoms with Gasteiger partial charge in [-0.15, -0.1) is 0 Å². The molecule has 0 amide bonds. The van der Waals surface area contributed by atoms with Crippen LogP contribution in [0.2, 0.25) is 0 Å². The van der Waals surface area contributed by atoms with Crippen LogP contribution in [0.25, 0.3) is 0 Å². The molecule has 1 aliphatic rings. The van der Waals surface area contributed by atoms with Crippen LogP contribution in [0.5, 0.6) is 0 Å². The average molecular weight is 156 g/mol. The number of amidine groups is 1. The molecule has 0 saturated carbocycles. The number of ether oxygens (including phenoxy) is 1. The smallest absolute Gasteiger partial charge is 0.288 e. The summed E-state index contributed by atoms with van der Waals surface area (Å²) in [6, 6.07) is 0.598. The summed E-state index contributed by atoms with van der Waals surface area (Å²) in [4.78, 5) is 3.82. The van der Waals surface area contributed by atoms with Gasteiger partial charge in [-0.25, -0.2) is 4.99 Å². The summed E-state index contributed by atoms with van der Waals surface area (Å²) in [5.74, 6) is 0. The fourth-order valence-electron chi connectivity index (χ4n) is 0.580. The third kappa shape index (κ3) is 3.65. The third-order valence-electron chi connectivity index (χ3n) is 1.08. The van der Waals surface area contributed by atoms with E-state index >= 15 is 0 Å². The van der Waals surface area contributed by atoms with Crippen molar-refractivity contribution in [2.45, 2.75) is 20.8 Å². The van der Waals surface area contributed by atoms with E-state index < -0.39 is 0 Å². The Kier molecular flexibility index (Phi) is 5.25. The molecule has 0 unspecified atom stereocenters. The molecule has 0 fully saturated rings. The Hall–Kier alpha value is -0.990. The van der Waals surface area contributed by atoms with Crippen LogP contribution in [0, 0.1) is 0 Å². The highest BCUT2D eigenvalue weighted by Gasteiger charge is 2.02. The molecule has 0 aromatic rings. The van der Waals surface area contributed by atoms with E-state index in [1.165, 1.54) is 5.57 Å². The molecule has 1 heterocycles. The van der Waals surface area contributed by atoms with Crippen molar-refractivity contribution in [3.05, 3.63) is 11.8 Å². The Morgan fingerprint density at radius 3 is 2.55 bits per heavy atom. The lowest BCUT2D eigenvalue weighted by atomic mass is 10.3. The van der Waals surface area contributed by atoms with Crippen molar-refractivity contribution in [2.24, 2.45) is 4.99 Å². The molecule has 64 valence electrons. The molecule has 11 heavy (non-hydrogen) atoms. The summed E-state index contributed by atoms with van der Waals surface area (Å²) < 4.78 is 5.11. The van der Waals surface area contributed by atoms with Gasteiger partial charge in [0.15, 0.2) is 0 Å². The van der Waals surface area contributed by atoms with E-state index in [0.717, 1.165) is 0 Å². The lowest BCUT2D eigenvalue weighted by Gasteiger charge is -2.13. The average Bonchev–Trinajstić information content (AvgIpc) is 2.10. The molecule has 0 spiro atoms. The van der Waals surface area contributed by atoms with E-state index in [9.17, 15) is 0 Å². The molecule has 0 aliphatic carbocycles. The molecule has 1 aliphatic heterocycles. The Balaban J connectivity index is 0.000000461. The van der Waals surface area contributed by atoms with Gasteiger partial charge in [0, 0.05) is 13.2 Å². The first-order chi connectivity index (χ1) is 5.33. The van der Waals surface area contributed by atoms with Crippen molar-refractivity contribution in [3.8, 4) is 0 Å². The maximum absolute atomic E-state index is 5.11. The maximum atomic E-state index is 5.11. The number of nitrogens with one attached hydrogen (secondary N) is 1. The van der Waals surface area contributed by atoms with Gasteiger partial charge in [0.2, 0.25) is 0 Å². The molecule has 0 aromatic carbocycles. The molecule has 0 saturated heterocycles. The fraction of sp³-hybridized carbons (Fsp3) is 0.625. The molecular formula is C8H16N2O. The summed E-state index contributed by atoms with van der Waals surface area (Å²) in [7, 11) is 1.69. The second kappa shape index (κ2) is 5.77. The molecule has 0 aromatic heterocycles. The Labute approximate surface area is 68.2 Å². The van der Waals surface area contributed by atoms with Crippen molar-refractivity contribution in [1.82, 2.24) is 5.32 Å². The minimum Gasteiger partial charge on any atom is -0.461 e. The normalized spacial score (nSPS) is 18.9. The first kappa shape index (κ1) is 10.0. The zero-order chi connectivity index (χ0) is 8.69. The van der Waals surface area contributed by atoms with E-state index in [2.05, 4.69) is 10.3 Å². The van der Waals surface area contributed by atoms with Crippen molar-refractivity contribution in [3.63, 3.8) is 0 Å². The second-order valence-corrected chi connectivity index (χ2v) is 1.95. The van der Waals surface area contributed by atoms with Gasteiger partial charge in [-0.05, 0) is 12.5 Å². The number of aliphatic imine (C=N–C) groups is 1. The van der Waals surface area contributed by atoms with Crippen molar-refractivity contribution < 1.29 is 4.74 Å². The molecule has 1 rings (SSSR count). The van der Waals surface area contributed by atoms with E-state index in [4.69, 9.17) is 4.74 Å². The molecule has 0 radical (unpaired) electrons. The topological polar surface area (TPSA) is 33.6 Å². The summed E-state index contributed by atoms with van der Waals surface area (Å²) >= 11 is 0. The van der Waals surface area contributed by atoms with Crippen molar-refractivity contribution in [1.29, 1.82) is 0 Å². The van der Waals surface area contributed by atoms with Crippen LogP contribution in [0.1, 0.15) is 20.8 Å². The van der Waals surface area contributed by atoms with Gasteiger partial charge in [0.25, 0.3) is 6.02 Å². The molecule has 1 N–H and O–H groups in total. The lowest BCUT2D eigenvalue weighted by molar-refractivity contribution is 0.315. The maximum Gasteiger partial charge on any atom is 0.288 e. The SMILES string of the molecule is CC.CN=C1NC=C(C)CO1. The van der Waals surface area contributed by atoms with Gasteiger partial charge in [-0.1, -0.05) is 13.8 Å². The summed E-state index contributed by atoms with van der Waals surface area (Å²) in [5.41, 5.74) is 1.18. The van der Waals surface area contributed by atoms with E-state index in [1.54, 1.807) is 7.05 Å². The van der Waals surface area contributed by atoms with Crippen molar-refractivity contribution in [2.75, 3.05) is 13.7 Å². The third-order valence-corrected chi connectivity index (χ3v) is 1.08. The molecule has 3 heteroatoms. The fourth-order valence-corrected chi connectivity index (χ4v) is 0.580. The second-order valence-electron chi connectivity index (χ2n) is 1.95. The van der Waals surface area contributed by atoms with Crippen LogP contribution in [0.15, 0.2) is 16.8 Å². The quantitative estimate of drug-likeness (QED) is 0.577. The Bertz CT molecular complexity index is 161. The van der Waals surface area contributed by atoms with Crippen LogP contribution in [0.4, 0.5) is 0 Å². The van der Waals surface area contributed by atoms with Crippen LogP contribution in [0.3, 0.4) is 0 Å². The van der Waals surface area contributed by atoms with Gasteiger partial charge in [-0.3, -0.25) is 0 Å². The molecule has 0 atom stereocenters. The predicted molar refractivity (Wildman–Crippen MR) is 47.6 cm³/mol. The molecule has 0 bridgehead atoms. The van der Waals surface area contributed by atoms with E-state index in [1.807, 2.05) is 27.0 Å². The highest BCUT2D eigenvalue weighted by atomic mass is 16.5.